The van der Waals surface area contributed by atoms with Crippen molar-refractivity contribution in [2.45, 2.75) is 6.42 Å². The fourth-order valence-corrected chi connectivity index (χ4v) is 3.05. The average Bonchev–Trinajstić information content (AvgIpc) is 3.31. The first-order valence-electron chi connectivity index (χ1n) is 7.18. The molecule has 1 aromatic rings. The Balaban J connectivity index is 1.57. The van der Waals surface area contributed by atoms with Crippen LogP contribution in [-0.2, 0) is 14.3 Å². The predicted molar refractivity (Wildman–Crippen MR) is 84.1 cm³/mol. The summed E-state index contributed by atoms with van der Waals surface area (Å²) in [4.78, 5) is 26.3. The Labute approximate surface area is 138 Å². The summed E-state index contributed by atoms with van der Waals surface area (Å²) in [5, 5.41) is 3.66. The van der Waals surface area contributed by atoms with Gasteiger partial charge in [0.05, 0.1) is 35.8 Å². The number of amides is 2. The van der Waals surface area contributed by atoms with Gasteiger partial charge in [0.2, 0.25) is 11.8 Å². The van der Waals surface area contributed by atoms with Gasteiger partial charge in [-0.2, -0.15) is 0 Å². The van der Waals surface area contributed by atoms with Crippen LogP contribution < -0.4 is 5.32 Å². The molecule has 2 aliphatic rings. The van der Waals surface area contributed by atoms with Gasteiger partial charge < -0.3 is 15.0 Å². The van der Waals surface area contributed by atoms with Crippen LogP contribution in [0.4, 0.5) is 5.69 Å². The summed E-state index contributed by atoms with van der Waals surface area (Å²) in [5.41, 5.74) is 0.514. The summed E-state index contributed by atoms with van der Waals surface area (Å²) >= 11 is 11.9. The van der Waals surface area contributed by atoms with Crippen molar-refractivity contribution in [2.75, 3.05) is 31.6 Å². The van der Waals surface area contributed by atoms with E-state index in [1.54, 1.807) is 23.1 Å². The number of carbonyl (C=O) groups is 2. The molecule has 2 fully saturated rings. The highest BCUT2D eigenvalue weighted by Crippen LogP contribution is 2.41. The number of nitrogens with zero attached hydrogens (tertiary/aromatic N) is 1. The topological polar surface area (TPSA) is 58.6 Å². The van der Waals surface area contributed by atoms with Crippen LogP contribution in [0.1, 0.15) is 6.42 Å². The third-order valence-corrected chi connectivity index (χ3v) is 4.50. The van der Waals surface area contributed by atoms with Crippen molar-refractivity contribution >= 4 is 40.7 Å². The van der Waals surface area contributed by atoms with Gasteiger partial charge in [0, 0.05) is 18.1 Å². The van der Waals surface area contributed by atoms with Crippen molar-refractivity contribution in [1.29, 1.82) is 0 Å². The van der Waals surface area contributed by atoms with Crippen molar-refractivity contribution in [2.24, 2.45) is 11.8 Å². The molecule has 1 heterocycles. The zero-order chi connectivity index (χ0) is 15.7. The third kappa shape index (κ3) is 3.37. The number of hydrogen-bond donors (Lipinski definition) is 1. The second-order valence-electron chi connectivity index (χ2n) is 5.50. The number of halogens is 2. The Morgan fingerprint density at radius 3 is 2.59 bits per heavy atom. The quantitative estimate of drug-likeness (QED) is 0.917. The molecule has 0 spiro atoms. The number of benzene rings is 1. The molecule has 7 heteroatoms. The first-order valence-corrected chi connectivity index (χ1v) is 7.94. The number of ether oxygens (including phenoxy) is 1. The van der Waals surface area contributed by atoms with E-state index in [1.165, 1.54) is 0 Å². The van der Waals surface area contributed by atoms with E-state index in [-0.39, 0.29) is 23.7 Å². The molecule has 118 valence electrons. The molecule has 3 rings (SSSR count). The number of carbonyl (C=O) groups excluding carboxylic acids is 2. The van der Waals surface area contributed by atoms with Crippen molar-refractivity contribution in [1.82, 2.24) is 4.90 Å². The SMILES string of the molecule is O=C(Nc1ccc(Cl)cc1Cl)C1CC1C(=O)N1CCOCC1. The first-order chi connectivity index (χ1) is 10.6. The Hall–Kier alpha value is -1.30. The Morgan fingerprint density at radius 1 is 1.18 bits per heavy atom. The van der Waals surface area contributed by atoms with Gasteiger partial charge >= 0.3 is 0 Å². The normalized spacial score (nSPS) is 24.0. The molecule has 1 aliphatic carbocycles. The molecule has 0 bridgehead atoms. The minimum atomic E-state index is -0.276. The van der Waals surface area contributed by atoms with Crippen LogP contribution in [0.25, 0.3) is 0 Å². The van der Waals surface area contributed by atoms with E-state index in [4.69, 9.17) is 27.9 Å². The predicted octanol–water partition coefficient (Wildman–Crippen LogP) is 2.43. The molecule has 22 heavy (non-hydrogen) atoms. The van der Waals surface area contributed by atoms with E-state index in [2.05, 4.69) is 5.32 Å². The van der Waals surface area contributed by atoms with Gasteiger partial charge in [-0.05, 0) is 24.6 Å². The lowest BCUT2D eigenvalue weighted by Crippen LogP contribution is -2.42. The van der Waals surface area contributed by atoms with Gasteiger partial charge in [0.15, 0.2) is 0 Å². The van der Waals surface area contributed by atoms with Crippen LogP contribution in [-0.4, -0.2) is 43.0 Å². The van der Waals surface area contributed by atoms with Crippen LogP contribution in [0, 0.1) is 11.8 Å². The lowest BCUT2D eigenvalue weighted by atomic mass is 10.2. The van der Waals surface area contributed by atoms with Crippen molar-refractivity contribution in [3.63, 3.8) is 0 Å². The van der Waals surface area contributed by atoms with Crippen LogP contribution in [0.5, 0.6) is 0 Å². The van der Waals surface area contributed by atoms with Crippen molar-refractivity contribution in [3.05, 3.63) is 28.2 Å². The second kappa shape index (κ2) is 6.44. The largest absolute Gasteiger partial charge is 0.378 e. The lowest BCUT2D eigenvalue weighted by Gasteiger charge is -2.27. The number of morpholine rings is 1. The van der Waals surface area contributed by atoms with E-state index < -0.39 is 0 Å². The summed E-state index contributed by atoms with van der Waals surface area (Å²) in [6, 6.07) is 4.89. The summed E-state index contributed by atoms with van der Waals surface area (Å²) in [6.07, 6.45) is 0.591. The Kier molecular flexibility index (Phi) is 4.57. The maximum Gasteiger partial charge on any atom is 0.228 e. The molecule has 1 N–H and O–H groups in total. The van der Waals surface area contributed by atoms with Crippen LogP contribution >= 0.6 is 23.2 Å². The molecule has 1 aliphatic heterocycles. The van der Waals surface area contributed by atoms with E-state index in [1.807, 2.05) is 0 Å². The van der Waals surface area contributed by atoms with E-state index in [9.17, 15) is 9.59 Å². The van der Waals surface area contributed by atoms with Crippen LogP contribution in [0.2, 0.25) is 10.0 Å². The van der Waals surface area contributed by atoms with E-state index >= 15 is 0 Å². The van der Waals surface area contributed by atoms with Crippen LogP contribution in [0.3, 0.4) is 0 Å². The molecular formula is C15H16Cl2N2O3. The minimum Gasteiger partial charge on any atom is -0.378 e. The number of hydrogen-bond acceptors (Lipinski definition) is 3. The van der Waals surface area contributed by atoms with Crippen molar-refractivity contribution in [3.8, 4) is 0 Å². The minimum absolute atomic E-state index is 0.0469. The highest BCUT2D eigenvalue weighted by Gasteiger charge is 2.49. The van der Waals surface area contributed by atoms with Gasteiger partial charge in [-0.15, -0.1) is 0 Å². The van der Waals surface area contributed by atoms with Gasteiger partial charge in [-0.1, -0.05) is 23.2 Å². The number of rotatable bonds is 3. The van der Waals surface area contributed by atoms with Gasteiger partial charge in [-0.3, -0.25) is 9.59 Å². The smallest absolute Gasteiger partial charge is 0.228 e. The molecule has 0 radical (unpaired) electrons. The zero-order valence-corrected chi connectivity index (χ0v) is 13.4. The molecular weight excluding hydrogens is 327 g/mol. The summed E-state index contributed by atoms with van der Waals surface area (Å²) in [6.45, 7) is 2.34. The lowest BCUT2D eigenvalue weighted by molar-refractivity contribution is -0.137. The fraction of sp³-hybridized carbons (Fsp3) is 0.467. The molecule has 1 saturated heterocycles. The van der Waals surface area contributed by atoms with Gasteiger partial charge in [0.1, 0.15) is 0 Å². The third-order valence-electron chi connectivity index (χ3n) is 3.96. The van der Waals surface area contributed by atoms with E-state index in [0.29, 0.717) is 48.5 Å². The molecule has 2 amide bonds. The zero-order valence-electron chi connectivity index (χ0n) is 11.9. The maximum atomic E-state index is 12.3. The standard InChI is InChI=1S/C15H16Cl2N2O3/c16-9-1-2-13(12(17)7-9)18-14(20)10-8-11(10)15(21)19-3-5-22-6-4-19/h1-2,7,10-11H,3-6,8H2,(H,18,20). The molecule has 2 atom stereocenters. The fourth-order valence-electron chi connectivity index (χ4n) is 2.59. The Morgan fingerprint density at radius 2 is 1.91 bits per heavy atom. The first kappa shape index (κ1) is 15.6. The Bertz CT molecular complexity index is 602. The molecule has 5 nitrogen and oxygen atoms in total. The molecule has 1 saturated carbocycles. The number of anilines is 1. The summed E-state index contributed by atoms with van der Waals surface area (Å²) < 4.78 is 5.23. The van der Waals surface area contributed by atoms with Crippen molar-refractivity contribution < 1.29 is 14.3 Å². The van der Waals surface area contributed by atoms with Gasteiger partial charge in [0.25, 0.3) is 0 Å². The summed E-state index contributed by atoms with van der Waals surface area (Å²) in [7, 11) is 0. The van der Waals surface area contributed by atoms with Gasteiger partial charge in [-0.25, -0.2) is 0 Å². The second-order valence-corrected chi connectivity index (χ2v) is 6.34. The molecule has 2 unspecified atom stereocenters. The van der Waals surface area contributed by atoms with E-state index in [0.717, 1.165) is 0 Å². The monoisotopic (exact) mass is 342 g/mol. The van der Waals surface area contributed by atoms with Crippen LogP contribution in [0.15, 0.2) is 18.2 Å². The molecule has 1 aromatic carbocycles. The average molecular weight is 343 g/mol. The summed E-state index contributed by atoms with van der Waals surface area (Å²) in [5.74, 6) is -0.618. The number of nitrogens with one attached hydrogen (secondary N) is 1. The molecule has 0 aromatic heterocycles. The highest BCUT2D eigenvalue weighted by molar-refractivity contribution is 6.36. The highest BCUT2D eigenvalue weighted by atomic mass is 35.5. The maximum absolute atomic E-state index is 12.3.